The van der Waals surface area contributed by atoms with Crippen molar-refractivity contribution in [3.05, 3.63) is 23.4 Å². The molecule has 4 N–H and O–H groups in total. The van der Waals surface area contributed by atoms with Crippen molar-refractivity contribution in [1.29, 1.82) is 0 Å². The summed E-state index contributed by atoms with van der Waals surface area (Å²) in [6.07, 6.45) is 1.77. The maximum Gasteiger partial charge on any atom is 0.251 e. The summed E-state index contributed by atoms with van der Waals surface area (Å²) in [6.45, 7) is 6.20. The van der Waals surface area contributed by atoms with E-state index in [1.54, 1.807) is 19.2 Å². The molecule has 6 nitrogen and oxygen atoms in total. The van der Waals surface area contributed by atoms with Crippen LogP contribution in [-0.2, 0) is 11.2 Å². The molecule has 2 atom stereocenters. The van der Waals surface area contributed by atoms with Crippen LogP contribution in [0.15, 0.2) is 12.1 Å². The molecular weight excluding hydrogens is 268 g/mol. The van der Waals surface area contributed by atoms with Crippen LogP contribution in [0.4, 0.5) is 5.82 Å². The number of nitrogens with zero attached hydrogens (tertiary/aromatic N) is 1. The van der Waals surface area contributed by atoms with Gasteiger partial charge in [0.25, 0.3) is 5.91 Å². The zero-order valence-electron chi connectivity index (χ0n) is 13.1. The highest BCUT2D eigenvalue weighted by Gasteiger charge is 2.49. The lowest BCUT2D eigenvalue weighted by Gasteiger charge is -2.51. The van der Waals surface area contributed by atoms with E-state index in [9.17, 15) is 4.79 Å². The van der Waals surface area contributed by atoms with Gasteiger partial charge >= 0.3 is 0 Å². The lowest BCUT2D eigenvalue weighted by atomic mass is 9.64. The van der Waals surface area contributed by atoms with E-state index in [2.05, 4.69) is 29.6 Å². The molecule has 0 saturated heterocycles. The second-order valence-corrected chi connectivity index (χ2v) is 6.04. The molecule has 21 heavy (non-hydrogen) atoms. The van der Waals surface area contributed by atoms with Crippen LogP contribution >= 0.6 is 0 Å². The fourth-order valence-electron chi connectivity index (χ4n) is 2.75. The Bertz CT molecular complexity index is 508. The van der Waals surface area contributed by atoms with Crippen molar-refractivity contribution in [3.8, 4) is 0 Å². The number of ether oxygens (including phenoxy) is 1. The van der Waals surface area contributed by atoms with E-state index >= 15 is 0 Å². The van der Waals surface area contributed by atoms with E-state index < -0.39 is 0 Å². The van der Waals surface area contributed by atoms with Crippen LogP contribution in [0.1, 0.15) is 43.2 Å². The van der Waals surface area contributed by atoms with Gasteiger partial charge in [-0.25, -0.2) is 10.8 Å². The molecule has 0 aliphatic heterocycles. The molecule has 1 aromatic heterocycles. The third-order valence-electron chi connectivity index (χ3n) is 4.42. The van der Waals surface area contributed by atoms with E-state index in [4.69, 9.17) is 10.6 Å². The largest absolute Gasteiger partial charge is 0.381 e. The maximum atomic E-state index is 12.4. The summed E-state index contributed by atoms with van der Waals surface area (Å²) in [5, 5.41) is 3.07. The second kappa shape index (κ2) is 5.99. The van der Waals surface area contributed by atoms with Crippen molar-refractivity contribution in [2.75, 3.05) is 12.5 Å². The number of nitrogen functional groups attached to an aromatic ring is 1. The Morgan fingerprint density at radius 2 is 2.24 bits per heavy atom. The molecule has 1 saturated carbocycles. The smallest absolute Gasteiger partial charge is 0.251 e. The van der Waals surface area contributed by atoms with Gasteiger partial charge in [0.05, 0.1) is 6.10 Å². The number of hydrogen-bond acceptors (Lipinski definition) is 5. The van der Waals surface area contributed by atoms with E-state index in [1.165, 1.54) is 0 Å². The minimum absolute atomic E-state index is 0.0556. The molecule has 116 valence electrons. The Morgan fingerprint density at radius 3 is 2.76 bits per heavy atom. The summed E-state index contributed by atoms with van der Waals surface area (Å²) in [5.74, 6) is 5.80. The van der Waals surface area contributed by atoms with Gasteiger partial charge in [0.2, 0.25) is 0 Å². The van der Waals surface area contributed by atoms with Gasteiger partial charge < -0.3 is 15.5 Å². The molecule has 1 fully saturated rings. The number of anilines is 1. The van der Waals surface area contributed by atoms with Crippen LogP contribution in [0, 0.1) is 5.41 Å². The van der Waals surface area contributed by atoms with E-state index in [1.807, 2.05) is 6.92 Å². The summed E-state index contributed by atoms with van der Waals surface area (Å²) in [5.41, 5.74) is 3.85. The van der Waals surface area contributed by atoms with Gasteiger partial charge in [-0.3, -0.25) is 4.79 Å². The number of carbonyl (C=O) groups is 1. The number of nitrogens with one attached hydrogen (secondary N) is 2. The Balaban J connectivity index is 2.11. The van der Waals surface area contributed by atoms with Gasteiger partial charge in [0.1, 0.15) is 5.82 Å². The molecule has 6 heteroatoms. The predicted octanol–water partition coefficient (Wildman–Crippen LogP) is 1.47. The van der Waals surface area contributed by atoms with Gasteiger partial charge in [-0.1, -0.05) is 20.8 Å². The first-order chi connectivity index (χ1) is 9.92. The van der Waals surface area contributed by atoms with Crippen molar-refractivity contribution in [3.63, 3.8) is 0 Å². The Hall–Kier alpha value is -1.66. The van der Waals surface area contributed by atoms with Gasteiger partial charge in [0, 0.05) is 29.8 Å². The minimum atomic E-state index is -0.101. The topological polar surface area (TPSA) is 89.3 Å². The maximum absolute atomic E-state index is 12.4. The highest BCUT2D eigenvalue weighted by atomic mass is 16.5. The molecule has 2 unspecified atom stereocenters. The molecule has 0 bridgehead atoms. The number of nitrogens with two attached hydrogens (primary N) is 1. The van der Waals surface area contributed by atoms with Gasteiger partial charge in [-0.2, -0.15) is 0 Å². The molecule has 1 aromatic rings. The van der Waals surface area contributed by atoms with Crippen molar-refractivity contribution >= 4 is 11.7 Å². The van der Waals surface area contributed by atoms with Crippen LogP contribution in [-0.4, -0.2) is 30.1 Å². The van der Waals surface area contributed by atoms with Crippen LogP contribution in [0.5, 0.6) is 0 Å². The van der Waals surface area contributed by atoms with Gasteiger partial charge in [-0.05, 0) is 25.0 Å². The monoisotopic (exact) mass is 292 g/mol. The summed E-state index contributed by atoms with van der Waals surface area (Å²) in [7, 11) is 1.71. The van der Waals surface area contributed by atoms with Crippen LogP contribution in [0.2, 0.25) is 0 Å². The number of carbonyl (C=O) groups excluding carboxylic acids is 1. The first-order valence-electron chi connectivity index (χ1n) is 7.23. The Morgan fingerprint density at radius 1 is 1.52 bits per heavy atom. The van der Waals surface area contributed by atoms with E-state index in [0.29, 0.717) is 11.4 Å². The van der Waals surface area contributed by atoms with Crippen molar-refractivity contribution in [1.82, 2.24) is 10.3 Å². The molecule has 1 aliphatic carbocycles. The van der Waals surface area contributed by atoms with Crippen LogP contribution in [0.25, 0.3) is 0 Å². The summed E-state index contributed by atoms with van der Waals surface area (Å²) in [6, 6.07) is 3.58. The lowest BCUT2D eigenvalue weighted by molar-refractivity contribution is -0.0942. The summed E-state index contributed by atoms with van der Waals surface area (Å²) in [4.78, 5) is 16.7. The molecule has 2 rings (SSSR count). The standard InChI is InChI=1S/C15H24N4O2/c1-5-10-6-9(7-13(17-10)19-16)14(20)18-11-8-12(21-4)15(11,2)3/h6-7,11-12H,5,8,16H2,1-4H3,(H,17,19)(H,18,20). The third-order valence-corrected chi connectivity index (χ3v) is 4.42. The zero-order chi connectivity index (χ0) is 15.6. The van der Waals surface area contributed by atoms with Crippen LogP contribution < -0.4 is 16.6 Å². The number of methoxy groups -OCH3 is 1. The Labute approximate surface area is 125 Å². The normalized spacial score (nSPS) is 23.3. The fourth-order valence-corrected chi connectivity index (χ4v) is 2.75. The number of pyridine rings is 1. The molecule has 0 spiro atoms. The predicted molar refractivity (Wildman–Crippen MR) is 81.9 cm³/mol. The van der Waals surface area contributed by atoms with Crippen molar-refractivity contribution in [2.45, 2.75) is 45.8 Å². The average molecular weight is 292 g/mol. The molecular formula is C15H24N4O2. The number of rotatable bonds is 5. The molecule has 1 heterocycles. The zero-order valence-corrected chi connectivity index (χ0v) is 13.1. The molecule has 1 aliphatic rings. The third kappa shape index (κ3) is 3.01. The van der Waals surface area contributed by atoms with Gasteiger partial charge in [0.15, 0.2) is 0 Å². The van der Waals surface area contributed by atoms with Crippen molar-refractivity contribution < 1.29 is 9.53 Å². The fraction of sp³-hybridized carbons (Fsp3) is 0.600. The summed E-state index contributed by atoms with van der Waals surface area (Å²) < 4.78 is 5.40. The lowest BCUT2D eigenvalue weighted by Crippen LogP contribution is -2.61. The minimum Gasteiger partial charge on any atom is -0.381 e. The SMILES string of the molecule is CCc1cc(C(=O)NC2CC(OC)C2(C)C)cc(NN)n1. The highest BCUT2D eigenvalue weighted by molar-refractivity contribution is 5.95. The number of hydrogen-bond donors (Lipinski definition) is 3. The average Bonchev–Trinajstić information content (AvgIpc) is 2.49. The molecule has 0 aromatic carbocycles. The number of aromatic nitrogens is 1. The second-order valence-electron chi connectivity index (χ2n) is 6.04. The van der Waals surface area contributed by atoms with Gasteiger partial charge in [-0.15, -0.1) is 0 Å². The molecule has 1 amide bonds. The van der Waals surface area contributed by atoms with Crippen molar-refractivity contribution in [2.24, 2.45) is 11.3 Å². The van der Waals surface area contributed by atoms with E-state index in [-0.39, 0.29) is 23.5 Å². The first kappa shape index (κ1) is 15.7. The number of amides is 1. The first-order valence-corrected chi connectivity index (χ1v) is 7.23. The Kier molecular flexibility index (Phi) is 4.49. The highest BCUT2D eigenvalue weighted by Crippen LogP contribution is 2.42. The summed E-state index contributed by atoms with van der Waals surface area (Å²) >= 11 is 0. The number of aryl methyl sites for hydroxylation is 1. The quantitative estimate of drug-likeness (QED) is 0.565. The van der Waals surface area contributed by atoms with E-state index in [0.717, 1.165) is 18.5 Å². The molecule has 0 radical (unpaired) electrons. The number of hydrazine groups is 1. The van der Waals surface area contributed by atoms with Crippen LogP contribution in [0.3, 0.4) is 0 Å².